The number of fused-ring (bicyclic) bond motifs is 2. The summed E-state index contributed by atoms with van der Waals surface area (Å²) in [7, 11) is 0. The number of benzene rings is 1. The van der Waals surface area contributed by atoms with Gasteiger partial charge in [0.1, 0.15) is 5.82 Å². The first-order chi connectivity index (χ1) is 11.6. The molecule has 0 aliphatic carbocycles. The Balaban J connectivity index is 0.00000182. The standard InChI is InChI=1S/C18H21FN4O.ClH/c1-12-17(11-21-23(12)15-4-2-13(19)3-5-15)18(24)22-14-6-7-16(22)10-20-9-8-14;/h2-5,11,14,16,20H,6-10H2,1H3;1H. The summed E-state index contributed by atoms with van der Waals surface area (Å²) in [6.07, 6.45) is 4.80. The van der Waals surface area contributed by atoms with Crippen LogP contribution in [-0.2, 0) is 0 Å². The van der Waals surface area contributed by atoms with Crippen molar-refractivity contribution in [2.45, 2.75) is 38.3 Å². The van der Waals surface area contributed by atoms with Gasteiger partial charge in [0.15, 0.2) is 0 Å². The van der Waals surface area contributed by atoms with E-state index >= 15 is 0 Å². The summed E-state index contributed by atoms with van der Waals surface area (Å²) in [5, 5.41) is 7.77. The highest BCUT2D eigenvalue weighted by atomic mass is 35.5. The molecule has 3 heterocycles. The molecular weight excluding hydrogens is 343 g/mol. The SMILES string of the molecule is Cc1c(C(=O)N2C3CCNCC2CC3)cnn1-c1ccc(F)cc1.Cl. The summed E-state index contributed by atoms with van der Waals surface area (Å²) in [6, 6.07) is 6.74. The second-order valence-electron chi connectivity index (χ2n) is 6.62. The Bertz CT molecular complexity index is 747. The van der Waals surface area contributed by atoms with E-state index in [9.17, 15) is 9.18 Å². The van der Waals surface area contributed by atoms with Crippen molar-refractivity contribution in [1.29, 1.82) is 0 Å². The molecule has 2 bridgehead atoms. The Hall–Kier alpha value is -1.92. The van der Waals surface area contributed by atoms with Gasteiger partial charge < -0.3 is 10.2 Å². The van der Waals surface area contributed by atoms with Crippen molar-refractivity contribution in [1.82, 2.24) is 20.0 Å². The molecule has 0 saturated carbocycles. The minimum absolute atomic E-state index is 0. The van der Waals surface area contributed by atoms with Crippen LogP contribution in [-0.4, -0.2) is 45.8 Å². The molecule has 2 aromatic rings. The smallest absolute Gasteiger partial charge is 0.257 e. The van der Waals surface area contributed by atoms with Crippen LogP contribution >= 0.6 is 12.4 Å². The summed E-state index contributed by atoms with van der Waals surface area (Å²) in [5.74, 6) is -0.217. The molecule has 1 aromatic heterocycles. The zero-order valence-electron chi connectivity index (χ0n) is 14.1. The van der Waals surface area contributed by atoms with E-state index in [0.717, 1.165) is 43.7 Å². The maximum Gasteiger partial charge on any atom is 0.257 e. The molecule has 25 heavy (non-hydrogen) atoms. The number of nitrogens with zero attached hydrogens (tertiary/aromatic N) is 3. The van der Waals surface area contributed by atoms with Crippen molar-refractivity contribution in [3.63, 3.8) is 0 Å². The minimum atomic E-state index is -0.284. The van der Waals surface area contributed by atoms with E-state index in [-0.39, 0.29) is 30.2 Å². The third-order valence-corrected chi connectivity index (χ3v) is 5.20. The van der Waals surface area contributed by atoms with Gasteiger partial charge in [-0.3, -0.25) is 4.79 Å². The predicted octanol–water partition coefficient (Wildman–Crippen LogP) is 2.71. The van der Waals surface area contributed by atoms with E-state index < -0.39 is 0 Å². The van der Waals surface area contributed by atoms with Crippen LogP contribution < -0.4 is 5.32 Å². The lowest BCUT2D eigenvalue weighted by Crippen LogP contribution is -2.42. The van der Waals surface area contributed by atoms with Crippen LogP contribution in [0.1, 0.15) is 35.3 Å². The normalized spacial score (nSPS) is 22.4. The van der Waals surface area contributed by atoms with Crippen LogP contribution in [0, 0.1) is 12.7 Å². The fraction of sp³-hybridized carbons (Fsp3) is 0.444. The number of carbonyl (C=O) groups is 1. The Morgan fingerprint density at radius 2 is 1.92 bits per heavy atom. The number of amides is 1. The first-order valence-corrected chi connectivity index (χ1v) is 8.49. The van der Waals surface area contributed by atoms with Gasteiger partial charge in [-0.15, -0.1) is 12.4 Å². The summed E-state index contributed by atoms with van der Waals surface area (Å²) in [4.78, 5) is 15.2. The molecule has 7 heteroatoms. The number of nitrogens with one attached hydrogen (secondary N) is 1. The average Bonchev–Trinajstić information content (AvgIpc) is 3.06. The Morgan fingerprint density at radius 3 is 2.68 bits per heavy atom. The summed E-state index contributed by atoms with van der Waals surface area (Å²) in [6.45, 7) is 3.73. The van der Waals surface area contributed by atoms with Gasteiger partial charge in [-0.1, -0.05) is 0 Å². The fourth-order valence-electron chi connectivity index (χ4n) is 3.92. The second kappa shape index (κ2) is 7.14. The molecule has 2 aliphatic heterocycles. The lowest BCUT2D eigenvalue weighted by molar-refractivity contribution is 0.0679. The average molecular weight is 365 g/mol. The quantitative estimate of drug-likeness (QED) is 0.891. The highest BCUT2D eigenvalue weighted by Crippen LogP contribution is 2.30. The van der Waals surface area contributed by atoms with Crippen LogP contribution in [0.15, 0.2) is 30.5 Å². The van der Waals surface area contributed by atoms with Crippen LogP contribution in [0.2, 0.25) is 0 Å². The zero-order chi connectivity index (χ0) is 16.7. The van der Waals surface area contributed by atoms with Crippen molar-refractivity contribution in [3.05, 3.63) is 47.5 Å². The highest BCUT2D eigenvalue weighted by Gasteiger charge is 2.39. The maximum absolute atomic E-state index is 13.1. The van der Waals surface area contributed by atoms with Gasteiger partial charge in [0, 0.05) is 18.6 Å². The topological polar surface area (TPSA) is 50.2 Å². The van der Waals surface area contributed by atoms with E-state index in [1.807, 2.05) is 6.92 Å². The third-order valence-electron chi connectivity index (χ3n) is 5.20. The van der Waals surface area contributed by atoms with E-state index in [2.05, 4.69) is 15.3 Å². The Morgan fingerprint density at radius 1 is 1.20 bits per heavy atom. The predicted molar refractivity (Wildman–Crippen MR) is 96.0 cm³/mol. The van der Waals surface area contributed by atoms with Crippen molar-refractivity contribution in [3.8, 4) is 5.69 Å². The summed E-state index contributed by atoms with van der Waals surface area (Å²) < 4.78 is 14.8. The van der Waals surface area contributed by atoms with Crippen LogP contribution in [0.25, 0.3) is 5.69 Å². The van der Waals surface area contributed by atoms with E-state index in [0.29, 0.717) is 11.6 Å². The van der Waals surface area contributed by atoms with Gasteiger partial charge in [0.05, 0.1) is 23.1 Å². The van der Waals surface area contributed by atoms with Crippen LogP contribution in [0.5, 0.6) is 0 Å². The van der Waals surface area contributed by atoms with Gasteiger partial charge in [0.2, 0.25) is 0 Å². The molecule has 2 saturated heterocycles. The van der Waals surface area contributed by atoms with E-state index in [1.54, 1.807) is 23.0 Å². The molecule has 0 spiro atoms. The van der Waals surface area contributed by atoms with Crippen LogP contribution in [0.3, 0.4) is 0 Å². The minimum Gasteiger partial charge on any atom is -0.331 e. The molecule has 2 atom stereocenters. The molecule has 4 rings (SSSR count). The molecule has 2 fully saturated rings. The van der Waals surface area contributed by atoms with Crippen molar-refractivity contribution in [2.75, 3.05) is 13.1 Å². The number of carbonyl (C=O) groups excluding carboxylic acids is 1. The lowest BCUT2D eigenvalue weighted by atomic mass is 10.1. The number of hydrogen-bond acceptors (Lipinski definition) is 3. The van der Waals surface area contributed by atoms with Gasteiger partial charge >= 0.3 is 0 Å². The summed E-state index contributed by atoms with van der Waals surface area (Å²) >= 11 is 0. The molecule has 5 nitrogen and oxygen atoms in total. The maximum atomic E-state index is 13.1. The van der Waals surface area contributed by atoms with Gasteiger partial charge in [0.25, 0.3) is 5.91 Å². The Labute approximate surface area is 152 Å². The molecule has 1 aromatic carbocycles. The van der Waals surface area contributed by atoms with Crippen molar-refractivity contribution < 1.29 is 9.18 Å². The molecule has 2 aliphatic rings. The Kier molecular flexibility index (Phi) is 5.11. The second-order valence-corrected chi connectivity index (χ2v) is 6.62. The molecular formula is C18H22ClFN4O. The molecule has 1 N–H and O–H groups in total. The molecule has 0 radical (unpaired) electrons. The largest absolute Gasteiger partial charge is 0.331 e. The van der Waals surface area contributed by atoms with Crippen molar-refractivity contribution in [2.24, 2.45) is 0 Å². The number of hydrogen-bond donors (Lipinski definition) is 1. The molecule has 1 amide bonds. The van der Waals surface area contributed by atoms with Crippen LogP contribution in [0.4, 0.5) is 4.39 Å². The molecule has 2 unspecified atom stereocenters. The number of rotatable bonds is 2. The first kappa shape index (κ1) is 17.9. The number of aromatic nitrogens is 2. The van der Waals surface area contributed by atoms with Gasteiger partial charge in [-0.25, -0.2) is 9.07 Å². The number of halogens is 2. The van der Waals surface area contributed by atoms with Crippen molar-refractivity contribution >= 4 is 18.3 Å². The highest BCUT2D eigenvalue weighted by molar-refractivity contribution is 5.96. The molecule has 134 valence electrons. The van der Waals surface area contributed by atoms with E-state index in [4.69, 9.17) is 0 Å². The summed E-state index contributed by atoms with van der Waals surface area (Å²) in [5.41, 5.74) is 2.19. The monoisotopic (exact) mass is 364 g/mol. The van der Waals surface area contributed by atoms with E-state index in [1.165, 1.54) is 12.1 Å². The van der Waals surface area contributed by atoms with Gasteiger partial charge in [-0.05, 0) is 57.0 Å². The third kappa shape index (κ3) is 3.16. The van der Waals surface area contributed by atoms with Gasteiger partial charge in [-0.2, -0.15) is 5.10 Å². The zero-order valence-corrected chi connectivity index (χ0v) is 14.9. The first-order valence-electron chi connectivity index (χ1n) is 8.49. The lowest BCUT2D eigenvalue weighted by Gasteiger charge is -2.27. The fourth-order valence-corrected chi connectivity index (χ4v) is 3.92.